The number of hydrogen-bond acceptors (Lipinski definition) is 4. The molecule has 0 unspecified atom stereocenters. The van der Waals surface area contributed by atoms with Gasteiger partial charge in [0.2, 0.25) is 5.91 Å². The molecule has 0 aliphatic rings. The number of methoxy groups -OCH3 is 1. The summed E-state index contributed by atoms with van der Waals surface area (Å²) in [6, 6.07) is 7.05. The maximum absolute atomic E-state index is 11.3. The number of anilines is 1. The molecule has 3 rings (SSSR count). The molecule has 118 valence electrons. The Bertz CT molecular complexity index is 910. The van der Waals surface area contributed by atoms with Crippen molar-refractivity contribution in [3.8, 4) is 17.0 Å². The van der Waals surface area contributed by atoms with E-state index in [1.165, 1.54) is 6.92 Å². The van der Waals surface area contributed by atoms with Crippen LogP contribution in [0.5, 0.6) is 5.75 Å². The van der Waals surface area contributed by atoms with Gasteiger partial charge in [-0.15, -0.1) is 0 Å². The average molecular weight is 396 g/mol. The van der Waals surface area contributed by atoms with Crippen LogP contribution in [0.3, 0.4) is 0 Å². The summed E-state index contributed by atoms with van der Waals surface area (Å²) >= 11 is 9.34. The number of benzene rings is 1. The van der Waals surface area contributed by atoms with Crippen molar-refractivity contribution < 1.29 is 9.53 Å². The van der Waals surface area contributed by atoms with Gasteiger partial charge >= 0.3 is 0 Å². The van der Waals surface area contributed by atoms with E-state index in [-0.39, 0.29) is 5.91 Å². The molecule has 0 aliphatic carbocycles. The van der Waals surface area contributed by atoms with Crippen molar-refractivity contribution in [2.45, 2.75) is 6.92 Å². The third-order valence-corrected chi connectivity index (χ3v) is 4.02. The number of fused-ring (bicyclic) bond motifs is 1. The van der Waals surface area contributed by atoms with Gasteiger partial charge in [0.05, 0.1) is 24.7 Å². The molecule has 0 fully saturated rings. The van der Waals surface area contributed by atoms with Crippen LogP contribution in [0.2, 0.25) is 5.15 Å². The van der Waals surface area contributed by atoms with Crippen molar-refractivity contribution in [3.63, 3.8) is 0 Å². The Morgan fingerprint density at radius 3 is 2.87 bits per heavy atom. The molecule has 3 aromatic rings. The van der Waals surface area contributed by atoms with Crippen LogP contribution in [0.1, 0.15) is 6.92 Å². The largest absolute Gasteiger partial charge is 0.496 e. The summed E-state index contributed by atoms with van der Waals surface area (Å²) in [6.07, 6.45) is 1.77. The maximum Gasteiger partial charge on any atom is 0.221 e. The van der Waals surface area contributed by atoms with E-state index in [1.54, 1.807) is 36.0 Å². The molecule has 1 aromatic carbocycles. The first-order chi connectivity index (χ1) is 11.0. The Labute approximate surface area is 145 Å². The Hall–Kier alpha value is -2.12. The predicted octanol–water partition coefficient (Wildman–Crippen LogP) is 3.78. The number of rotatable bonds is 3. The summed E-state index contributed by atoms with van der Waals surface area (Å²) in [5.41, 5.74) is 2.76. The molecule has 0 saturated heterocycles. The fraction of sp³-hybridized carbons (Fsp3) is 0.133. The zero-order chi connectivity index (χ0) is 16.6. The lowest BCUT2D eigenvalue weighted by Crippen LogP contribution is -2.06. The van der Waals surface area contributed by atoms with Crippen molar-refractivity contribution in [3.05, 3.63) is 40.1 Å². The van der Waals surface area contributed by atoms with E-state index in [2.05, 4.69) is 31.3 Å². The minimum absolute atomic E-state index is 0.160. The minimum Gasteiger partial charge on any atom is -0.496 e. The Morgan fingerprint density at radius 2 is 2.17 bits per heavy atom. The minimum atomic E-state index is -0.160. The predicted molar refractivity (Wildman–Crippen MR) is 92.0 cm³/mol. The highest BCUT2D eigenvalue weighted by molar-refractivity contribution is 9.10. The van der Waals surface area contributed by atoms with E-state index in [9.17, 15) is 4.79 Å². The third-order valence-electron chi connectivity index (χ3n) is 3.16. The van der Waals surface area contributed by atoms with Crippen molar-refractivity contribution in [1.82, 2.24) is 14.6 Å². The second-order valence-corrected chi connectivity index (χ2v) is 6.04. The number of carbonyl (C=O) groups excluding carboxylic acids is 1. The molecule has 1 amide bonds. The number of hydrogen-bond donors (Lipinski definition) is 1. The van der Waals surface area contributed by atoms with E-state index in [1.807, 2.05) is 6.07 Å². The Kier molecular flexibility index (Phi) is 4.23. The summed E-state index contributed by atoms with van der Waals surface area (Å²) < 4.78 is 7.76. The maximum atomic E-state index is 11.3. The summed E-state index contributed by atoms with van der Waals surface area (Å²) in [5, 5.41) is 7.29. The van der Waals surface area contributed by atoms with Crippen molar-refractivity contribution in [2.24, 2.45) is 0 Å². The number of ether oxygens (including phenoxy) is 1. The van der Waals surface area contributed by atoms with Crippen molar-refractivity contribution >= 4 is 44.8 Å². The van der Waals surface area contributed by atoms with Gasteiger partial charge in [-0.05, 0) is 34.1 Å². The van der Waals surface area contributed by atoms with E-state index < -0.39 is 0 Å². The lowest BCUT2D eigenvalue weighted by Gasteiger charge is -2.11. The van der Waals surface area contributed by atoms with Gasteiger partial charge in [-0.1, -0.05) is 11.6 Å². The molecular formula is C15H12BrClN4O2. The number of aromatic nitrogens is 3. The third kappa shape index (κ3) is 3.16. The van der Waals surface area contributed by atoms with E-state index >= 15 is 0 Å². The highest BCUT2D eigenvalue weighted by atomic mass is 79.9. The fourth-order valence-corrected chi connectivity index (χ4v) is 2.78. The summed E-state index contributed by atoms with van der Waals surface area (Å²) in [6.45, 7) is 1.45. The molecule has 8 heteroatoms. The van der Waals surface area contributed by atoms with Gasteiger partial charge in [-0.3, -0.25) is 4.79 Å². The summed E-state index contributed by atoms with van der Waals surface area (Å²) in [5.74, 6) is 0.429. The van der Waals surface area contributed by atoms with Crippen LogP contribution < -0.4 is 10.1 Å². The molecule has 0 spiro atoms. The zero-order valence-electron chi connectivity index (χ0n) is 12.3. The Balaban J connectivity index is 2.13. The van der Waals surface area contributed by atoms with Gasteiger partial charge in [0.15, 0.2) is 5.65 Å². The first-order valence-electron chi connectivity index (χ1n) is 6.65. The zero-order valence-corrected chi connectivity index (χ0v) is 14.6. The number of nitrogens with one attached hydrogen (secondary N) is 1. The standard InChI is InChI=1S/C15H12BrClN4O2/c1-8(22)18-11-6-13(23-2)9(5-10(11)16)12-7-21-15(19-12)4-3-14(17)20-21/h3-7H,1-2H3,(H,18,22). The first kappa shape index (κ1) is 15.8. The van der Waals surface area contributed by atoms with Gasteiger partial charge < -0.3 is 10.1 Å². The molecule has 0 aliphatic heterocycles. The molecule has 0 atom stereocenters. The lowest BCUT2D eigenvalue weighted by molar-refractivity contribution is -0.114. The van der Waals surface area contributed by atoms with Crippen molar-refractivity contribution in [2.75, 3.05) is 12.4 Å². The first-order valence-corrected chi connectivity index (χ1v) is 7.82. The molecule has 2 heterocycles. The molecule has 0 radical (unpaired) electrons. The lowest BCUT2D eigenvalue weighted by atomic mass is 10.1. The topological polar surface area (TPSA) is 68.5 Å². The van der Waals surface area contributed by atoms with Gasteiger partial charge in [-0.25, -0.2) is 9.50 Å². The highest BCUT2D eigenvalue weighted by Crippen LogP contribution is 2.37. The van der Waals surface area contributed by atoms with Gasteiger partial charge in [0.25, 0.3) is 0 Å². The molecule has 1 N–H and O–H groups in total. The second-order valence-electron chi connectivity index (χ2n) is 4.80. The van der Waals surface area contributed by atoms with E-state index in [4.69, 9.17) is 16.3 Å². The number of carbonyl (C=O) groups is 1. The van der Waals surface area contributed by atoms with Gasteiger partial charge in [0.1, 0.15) is 10.9 Å². The summed E-state index contributed by atoms with van der Waals surface area (Å²) in [4.78, 5) is 15.8. The number of imidazole rings is 1. The normalized spacial score (nSPS) is 10.8. The molecule has 6 nitrogen and oxygen atoms in total. The number of amides is 1. The Morgan fingerprint density at radius 1 is 1.39 bits per heavy atom. The average Bonchev–Trinajstić information content (AvgIpc) is 2.91. The van der Waals surface area contributed by atoms with Crippen LogP contribution in [0.4, 0.5) is 5.69 Å². The SMILES string of the molecule is COc1cc(NC(C)=O)c(Br)cc1-c1cn2nc(Cl)ccc2n1. The molecule has 0 saturated carbocycles. The molecule has 23 heavy (non-hydrogen) atoms. The van der Waals surface area contributed by atoms with Crippen LogP contribution in [-0.4, -0.2) is 27.6 Å². The van der Waals surface area contributed by atoms with Gasteiger partial charge in [-0.2, -0.15) is 5.10 Å². The number of nitrogens with zero attached hydrogens (tertiary/aromatic N) is 3. The van der Waals surface area contributed by atoms with E-state index in [0.29, 0.717) is 27.9 Å². The van der Waals surface area contributed by atoms with Crippen molar-refractivity contribution in [1.29, 1.82) is 0 Å². The monoisotopic (exact) mass is 394 g/mol. The van der Waals surface area contributed by atoms with Crippen LogP contribution in [-0.2, 0) is 4.79 Å². The van der Waals surface area contributed by atoms with Crippen LogP contribution >= 0.6 is 27.5 Å². The smallest absolute Gasteiger partial charge is 0.221 e. The molecular weight excluding hydrogens is 384 g/mol. The molecule has 0 bridgehead atoms. The van der Waals surface area contributed by atoms with Crippen LogP contribution in [0.15, 0.2) is 34.9 Å². The summed E-state index contributed by atoms with van der Waals surface area (Å²) in [7, 11) is 1.56. The van der Waals surface area contributed by atoms with Crippen LogP contribution in [0.25, 0.3) is 16.9 Å². The van der Waals surface area contributed by atoms with Gasteiger partial charge in [0, 0.05) is 23.0 Å². The second kappa shape index (κ2) is 6.17. The molecule has 2 aromatic heterocycles. The number of halogens is 2. The van der Waals surface area contributed by atoms with Crippen LogP contribution in [0, 0.1) is 0 Å². The fourth-order valence-electron chi connectivity index (χ4n) is 2.20. The highest BCUT2D eigenvalue weighted by Gasteiger charge is 2.15. The van der Waals surface area contributed by atoms with E-state index in [0.717, 1.165) is 10.0 Å². The quantitative estimate of drug-likeness (QED) is 0.733.